The average Bonchev–Trinajstić information content (AvgIpc) is 3.02. The molecule has 0 spiro atoms. The zero-order valence-electron chi connectivity index (χ0n) is 25.3. The van der Waals surface area contributed by atoms with Gasteiger partial charge in [-0.25, -0.2) is 12.8 Å². The summed E-state index contributed by atoms with van der Waals surface area (Å²) in [6, 6.07) is 14.6. The Balaban J connectivity index is 1.73. The summed E-state index contributed by atoms with van der Waals surface area (Å²) in [5.41, 5.74) is 0.743. The fourth-order valence-electron chi connectivity index (χ4n) is 5.44. The van der Waals surface area contributed by atoms with Crippen molar-refractivity contribution in [3.63, 3.8) is 0 Å². The number of hydrogen-bond donors (Lipinski definition) is 1. The van der Waals surface area contributed by atoms with Crippen LogP contribution >= 0.6 is 23.2 Å². The second-order valence-corrected chi connectivity index (χ2v) is 13.6. The molecule has 0 bridgehead atoms. The van der Waals surface area contributed by atoms with Gasteiger partial charge in [0.25, 0.3) is 10.0 Å². The van der Waals surface area contributed by atoms with E-state index in [0.717, 1.165) is 60.7 Å². The van der Waals surface area contributed by atoms with Crippen LogP contribution in [0.3, 0.4) is 0 Å². The van der Waals surface area contributed by atoms with Gasteiger partial charge in [-0.1, -0.05) is 55.5 Å². The van der Waals surface area contributed by atoms with Crippen molar-refractivity contribution in [2.24, 2.45) is 0 Å². The van der Waals surface area contributed by atoms with Crippen LogP contribution in [-0.4, -0.2) is 50.4 Å². The summed E-state index contributed by atoms with van der Waals surface area (Å²) in [7, 11) is -4.35. The number of hydrogen-bond acceptors (Lipinski definition) is 5. The minimum atomic E-state index is -4.35. The summed E-state index contributed by atoms with van der Waals surface area (Å²) in [5, 5.41) is 3.83. The highest BCUT2D eigenvalue weighted by atomic mass is 35.5. The number of sulfonamides is 1. The third-order valence-electron chi connectivity index (χ3n) is 7.81. The Morgan fingerprint density at radius 1 is 0.978 bits per heavy atom. The van der Waals surface area contributed by atoms with Gasteiger partial charge in [0, 0.05) is 22.6 Å². The van der Waals surface area contributed by atoms with E-state index in [9.17, 15) is 22.4 Å². The lowest BCUT2D eigenvalue weighted by Gasteiger charge is -2.34. The molecule has 0 heterocycles. The summed E-state index contributed by atoms with van der Waals surface area (Å²) in [6.07, 6.45) is 5.16. The van der Waals surface area contributed by atoms with Crippen LogP contribution in [0.1, 0.15) is 57.9 Å². The van der Waals surface area contributed by atoms with E-state index < -0.39 is 34.3 Å². The maximum absolute atomic E-state index is 14.3. The van der Waals surface area contributed by atoms with Gasteiger partial charge < -0.3 is 15.0 Å². The first-order valence-corrected chi connectivity index (χ1v) is 17.3. The van der Waals surface area contributed by atoms with Gasteiger partial charge in [0.15, 0.2) is 0 Å². The topological polar surface area (TPSA) is 96.0 Å². The molecule has 4 rings (SSSR count). The highest BCUT2D eigenvalue weighted by Crippen LogP contribution is 2.28. The number of anilines is 1. The molecule has 1 fully saturated rings. The summed E-state index contributed by atoms with van der Waals surface area (Å²) < 4.78 is 48.2. The van der Waals surface area contributed by atoms with Gasteiger partial charge >= 0.3 is 0 Å². The van der Waals surface area contributed by atoms with Gasteiger partial charge in [-0.05, 0) is 92.4 Å². The Kier molecular flexibility index (Phi) is 12.1. The number of ether oxygens (including phenoxy) is 1. The molecule has 0 unspecified atom stereocenters. The highest BCUT2D eigenvalue weighted by molar-refractivity contribution is 7.92. The monoisotopic (exact) mass is 677 g/mol. The molecule has 0 aromatic heterocycles. The summed E-state index contributed by atoms with van der Waals surface area (Å²) in [6.45, 7) is 3.35. The molecule has 3 aromatic carbocycles. The van der Waals surface area contributed by atoms with E-state index in [-0.39, 0.29) is 35.5 Å². The zero-order valence-corrected chi connectivity index (χ0v) is 27.7. The molecular formula is C33H38Cl2FN3O5S. The van der Waals surface area contributed by atoms with Crippen molar-refractivity contribution < 1.29 is 27.1 Å². The van der Waals surface area contributed by atoms with E-state index in [1.54, 1.807) is 37.3 Å². The van der Waals surface area contributed by atoms with Crippen LogP contribution in [-0.2, 0) is 26.2 Å². The molecule has 1 saturated carbocycles. The molecule has 1 atom stereocenters. The molecule has 0 saturated heterocycles. The fourth-order valence-corrected chi connectivity index (χ4v) is 7.32. The molecule has 1 aliphatic rings. The third kappa shape index (κ3) is 8.89. The number of carbonyl (C=O) groups excluding carboxylic acids is 2. The summed E-state index contributed by atoms with van der Waals surface area (Å²) in [5.74, 6) is -1.00. The Morgan fingerprint density at radius 2 is 1.64 bits per heavy atom. The van der Waals surface area contributed by atoms with Crippen LogP contribution in [0.25, 0.3) is 0 Å². The molecule has 12 heteroatoms. The maximum atomic E-state index is 14.3. The SMILES string of the molecule is CCOc1ccc(N(CC(=O)N(Cc2ccc(Cl)cc2Cl)[C@@H](CC)C(=O)NC2CCCCC2)S(=O)(=O)c2ccc(F)cc2)cc1. The Morgan fingerprint density at radius 3 is 2.24 bits per heavy atom. The number of nitrogens with zero attached hydrogens (tertiary/aromatic N) is 2. The number of nitrogens with one attached hydrogen (secondary N) is 1. The van der Waals surface area contributed by atoms with E-state index >= 15 is 0 Å². The standard InChI is InChI=1S/C33H38Cl2FN3O5S/c1-3-31(33(41)37-26-8-6-5-7-9-26)38(21-23-10-11-24(34)20-30(23)35)32(40)22-39(27-14-16-28(17-15-27)44-4-2)45(42,43)29-18-12-25(36)13-19-29/h10-20,26,31H,3-9,21-22H2,1-2H3,(H,37,41)/t31-/m0/s1. The number of rotatable bonds is 13. The van der Waals surface area contributed by atoms with Gasteiger partial charge in [-0.3, -0.25) is 13.9 Å². The average molecular weight is 679 g/mol. The van der Waals surface area contributed by atoms with Crippen molar-refractivity contribution in [3.05, 3.63) is 88.2 Å². The number of benzene rings is 3. The number of carbonyl (C=O) groups is 2. The van der Waals surface area contributed by atoms with E-state index in [1.165, 1.54) is 17.0 Å². The zero-order chi connectivity index (χ0) is 32.6. The Bertz CT molecular complexity index is 1570. The van der Waals surface area contributed by atoms with E-state index in [2.05, 4.69) is 5.32 Å². The molecule has 8 nitrogen and oxygen atoms in total. The van der Waals surface area contributed by atoms with Crippen molar-refractivity contribution >= 4 is 50.7 Å². The third-order valence-corrected chi connectivity index (χ3v) is 10.2. The van der Waals surface area contributed by atoms with Gasteiger partial charge in [0.2, 0.25) is 11.8 Å². The van der Waals surface area contributed by atoms with Crippen LogP contribution < -0.4 is 14.4 Å². The molecule has 0 aliphatic heterocycles. The largest absolute Gasteiger partial charge is 0.494 e. The van der Waals surface area contributed by atoms with Crippen LogP contribution in [0, 0.1) is 5.82 Å². The van der Waals surface area contributed by atoms with Crippen molar-refractivity contribution in [2.75, 3.05) is 17.5 Å². The van der Waals surface area contributed by atoms with Crippen molar-refractivity contribution in [3.8, 4) is 5.75 Å². The minimum Gasteiger partial charge on any atom is -0.494 e. The first-order valence-electron chi connectivity index (χ1n) is 15.1. The fraction of sp³-hybridized carbons (Fsp3) is 0.394. The van der Waals surface area contributed by atoms with Crippen molar-refractivity contribution in [1.29, 1.82) is 0 Å². The van der Waals surface area contributed by atoms with Crippen molar-refractivity contribution in [2.45, 2.75) is 75.9 Å². The number of amides is 2. The van der Waals surface area contributed by atoms with Crippen LogP contribution in [0.4, 0.5) is 10.1 Å². The van der Waals surface area contributed by atoms with Crippen LogP contribution in [0.5, 0.6) is 5.75 Å². The van der Waals surface area contributed by atoms with Gasteiger partial charge in [-0.2, -0.15) is 0 Å². The Labute approximate surface area is 274 Å². The van der Waals surface area contributed by atoms with E-state index in [1.807, 2.05) is 6.92 Å². The summed E-state index contributed by atoms with van der Waals surface area (Å²) in [4.78, 5) is 29.2. The van der Waals surface area contributed by atoms with E-state index in [0.29, 0.717) is 28.0 Å². The lowest BCUT2D eigenvalue weighted by molar-refractivity contribution is -0.140. The van der Waals surface area contributed by atoms with Gasteiger partial charge in [0.1, 0.15) is 24.2 Å². The molecule has 0 radical (unpaired) electrons. The van der Waals surface area contributed by atoms with Gasteiger partial charge in [0.05, 0.1) is 17.2 Å². The second kappa shape index (κ2) is 15.8. The summed E-state index contributed by atoms with van der Waals surface area (Å²) >= 11 is 12.6. The van der Waals surface area contributed by atoms with E-state index in [4.69, 9.17) is 27.9 Å². The first-order chi connectivity index (χ1) is 21.5. The normalized spacial score (nSPS) is 14.4. The maximum Gasteiger partial charge on any atom is 0.264 e. The second-order valence-electron chi connectivity index (χ2n) is 10.9. The molecule has 45 heavy (non-hydrogen) atoms. The first kappa shape index (κ1) is 34.5. The van der Waals surface area contributed by atoms with Crippen LogP contribution in [0.15, 0.2) is 71.6 Å². The molecule has 242 valence electrons. The smallest absolute Gasteiger partial charge is 0.264 e. The lowest BCUT2D eigenvalue weighted by atomic mass is 9.95. The lowest BCUT2D eigenvalue weighted by Crippen LogP contribution is -2.54. The molecule has 1 N–H and O–H groups in total. The minimum absolute atomic E-state index is 0.00979. The van der Waals surface area contributed by atoms with Crippen molar-refractivity contribution in [1.82, 2.24) is 10.2 Å². The number of halogens is 3. The van der Waals surface area contributed by atoms with Gasteiger partial charge in [-0.15, -0.1) is 0 Å². The highest BCUT2D eigenvalue weighted by Gasteiger charge is 2.34. The molecule has 1 aliphatic carbocycles. The molecular weight excluding hydrogens is 640 g/mol. The predicted octanol–water partition coefficient (Wildman–Crippen LogP) is 6.98. The quantitative estimate of drug-likeness (QED) is 0.211. The molecule has 2 amide bonds. The Hall–Kier alpha value is -3.34. The molecule has 3 aromatic rings. The van der Waals surface area contributed by atoms with Crippen LogP contribution in [0.2, 0.25) is 10.0 Å². The predicted molar refractivity (Wildman–Crippen MR) is 175 cm³/mol.